The Kier molecular flexibility index (Phi) is 4.66. The van der Waals surface area contributed by atoms with Crippen molar-refractivity contribution >= 4 is 0 Å². The van der Waals surface area contributed by atoms with Crippen molar-refractivity contribution < 1.29 is 0 Å². The van der Waals surface area contributed by atoms with Gasteiger partial charge in [-0.05, 0) is 37.9 Å². The van der Waals surface area contributed by atoms with Crippen molar-refractivity contribution in [2.45, 2.75) is 26.7 Å². The quantitative estimate of drug-likeness (QED) is 0.747. The van der Waals surface area contributed by atoms with Gasteiger partial charge in [-0.3, -0.25) is 4.68 Å². The molecule has 1 aromatic rings. The molecular formula is C11H21N3. The van der Waals surface area contributed by atoms with Gasteiger partial charge in [0.2, 0.25) is 0 Å². The second kappa shape index (κ2) is 5.81. The third-order valence-corrected chi connectivity index (χ3v) is 2.40. The fourth-order valence-electron chi connectivity index (χ4n) is 1.48. The van der Waals surface area contributed by atoms with Gasteiger partial charge in [0.1, 0.15) is 0 Å². The van der Waals surface area contributed by atoms with Gasteiger partial charge in [0.25, 0.3) is 0 Å². The van der Waals surface area contributed by atoms with E-state index in [1.54, 1.807) is 0 Å². The molecule has 0 aromatic carbocycles. The second-order valence-corrected chi connectivity index (χ2v) is 3.93. The van der Waals surface area contributed by atoms with Crippen LogP contribution in [0.25, 0.3) is 0 Å². The second-order valence-electron chi connectivity index (χ2n) is 3.93. The van der Waals surface area contributed by atoms with Crippen molar-refractivity contribution in [1.29, 1.82) is 0 Å². The molecule has 0 radical (unpaired) electrons. The van der Waals surface area contributed by atoms with Gasteiger partial charge >= 0.3 is 0 Å². The lowest BCUT2D eigenvalue weighted by Gasteiger charge is -2.10. The molecule has 14 heavy (non-hydrogen) atoms. The van der Waals surface area contributed by atoms with E-state index in [-0.39, 0.29) is 0 Å². The highest BCUT2D eigenvalue weighted by atomic mass is 15.2. The summed E-state index contributed by atoms with van der Waals surface area (Å²) >= 11 is 0. The van der Waals surface area contributed by atoms with Crippen LogP contribution in [0.5, 0.6) is 0 Å². The molecular weight excluding hydrogens is 174 g/mol. The predicted molar refractivity (Wildman–Crippen MR) is 59.2 cm³/mol. The highest BCUT2D eigenvalue weighted by Gasteiger charge is 2.03. The topological polar surface area (TPSA) is 29.9 Å². The van der Waals surface area contributed by atoms with E-state index in [4.69, 9.17) is 0 Å². The molecule has 3 heteroatoms. The van der Waals surface area contributed by atoms with Gasteiger partial charge in [-0.15, -0.1) is 0 Å². The smallest absolute Gasteiger partial charge is 0.0624 e. The van der Waals surface area contributed by atoms with Crippen molar-refractivity contribution in [2.24, 2.45) is 13.0 Å². The van der Waals surface area contributed by atoms with E-state index < -0.39 is 0 Å². The zero-order valence-electron chi connectivity index (χ0n) is 9.45. The average Bonchev–Trinajstić information content (AvgIpc) is 2.58. The van der Waals surface area contributed by atoms with Crippen molar-refractivity contribution in [3.05, 3.63) is 18.0 Å². The number of hydrogen-bond acceptors (Lipinski definition) is 2. The third-order valence-electron chi connectivity index (χ3n) is 2.40. The summed E-state index contributed by atoms with van der Waals surface area (Å²) in [7, 11) is 1.96. The molecule has 80 valence electrons. The number of rotatable bonds is 6. The molecule has 0 amide bonds. The number of hydrogen-bond donors (Lipinski definition) is 1. The Morgan fingerprint density at radius 1 is 1.57 bits per heavy atom. The largest absolute Gasteiger partial charge is 0.317 e. The molecule has 1 rings (SSSR count). The summed E-state index contributed by atoms with van der Waals surface area (Å²) < 4.78 is 1.87. The van der Waals surface area contributed by atoms with Crippen molar-refractivity contribution in [1.82, 2.24) is 15.1 Å². The number of aryl methyl sites for hydroxylation is 2. The van der Waals surface area contributed by atoms with Gasteiger partial charge in [0, 0.05) is 13.2 Å². The Balaban J connectivity index is 2.20. The number of nitrogens with one attached hydrogen (secondary N) is 1. The first-order valence-corrected chi connectivity index (χ1v) is 5.41. The predicted octanol–water partition coefficient (Wildman–Crippen LogP) is 1.60. The molecule has 0 spiro atoms. The lowest BCUT2D eigenvalue weighted by Crippen LogP contribution is -2.20. The van der Waals surface area contributed by atoms with E-state index in [0.29, 0.717) is 0 Å². The third kappa shape index (κ3) is 3.92. The summed E-state index contributed by atoms with van der Waals surface area (Å²) in [6, 6.07) is 2.10. The zero-order chi connectivity index (χ0) is 10.4. The Morgan fingerprint density at radius 2 is 2.36 bits per heavy atom. The first kappa shape index (κ1) is 11.2. The van der Waals surface area contributed by atoms with Crippen LogP contribution in [0.3, 0.4) is 0 Å². The van der Waals surface area contributed by atoms with Crippen LogP contribution >= 0.6 is 0 Å². The van der Waals surface area contributed by atoms with Crippen molar-refractivity contribution in [3.8, 4) is 0 Å². The normalized spacial score (nSPS) is 13.1. The molecule has 0 fully saturated rings. The molecule has 0 aliphatic rings. The molecule has 0 aliphatic heterocycles. The molecule has 1 N–H and O–H groups in total. The van der Waals surface area contributed by atoms with E-state index in [1.165, 1.54) is 12.1 Å². The maximum atomic E-state index is 4.36. The summed E-state index contributed by atoms with van der Waals surface area (Å²) in [6.45, 7) is 6.61. The molecule has 1 atom stereocenters. The standard InChI is InChI=1S/C11H21N3/c1-4-12-9-10(2)5-6-11-7-8-14(3)13-11/h7-8,10,12H,4-6,9H2,1-3H3. The first-order chi connectivity index (χ1) is 6.72. The molecule has 1 heterocycles. The Morgan fingerprint density at radius 3 is 2.93 bits per heavy atom. The molecule has 1 aromatic heterocycles. The minimum atomic E-state index is 0.733. The minimum absolute atomic E-state index is 0.733. The highest BCUT2D eigenvalue weighted by Crippen LogP contribution is 2.06. The van der Waals surface area contributed by atoms with Crippen molar-refractivity contribution in [3.63, 3.8) is 0 Å². The molecule has 0 bridgehead atoms. The molecule has 0 saturated heterocycles. The van der Waals surface area contributed by atoms with Gasteiger partial charge < -0.3 is 5.32 Å². The Hall–Kier alpha value is -0.830. The van der Waals surface area contributed by atoms with Gasteiger partial charge in [-0.1, -0.05) is 13.8 Å². The van der Waals surface area contributed by atoms with Gasteiger partial charge in [0.15, 0.2) is 0 Å². The Bertz CT molecular complexity index is 255. The maximum Gasteiger partial charge on any atom is 0.0624 e. The molecule has 0 saturated carbocycles. The fourth-order valence-corrected chi connectivity index (χ4v) is 1.48. The van der Waals surface area contributed by atoms with E-state index in [0.717, 1.165) is 25.4 Å². The van der Waals surface area contributed by atoms with Crippen LogP contribution in [0.15, 0.2) is 12.3 Å². The number of nitrogens with zero attached hydrogens (tertiary/aromatic N) is 2. The van der Waals surface area contributed by atoms with Crippen LogP contribution in [-0.4, -0.2) is 22.9 Å². The van der Waals surface area contributed by atoms with Crippen LogP contribution in [0, 0.1) is 5.92 Å². The summed E-state index contributed by atoms with van der Waals surface area (Å²) in [5, 5.41) is 7.72. The number of aromatic nitrogens is 2. The zero-order valence-corrected chi connectivity index (χ0v) is 9.45. The van der Waals surface area contributed by atoms with Crippen LogP contribution in [0.4, 0.5) is 0 Å². The van der Waals surface area contributed by atoms with E-state index >= 15 is 0 Å². The minimum Gasteiger partial charge on any atom is -0.317 e. The van der Waals surface area contributed by atoms with Crippen LogP contribution in [0.1, 0.15) is 26.0 Å². The Labute approximate surface area is 86.5 Å². The van der Waals surface area contributed by atoms with Gasteiger partial charge in [0.05, 0.1) is 5.69 Å². The van der Waals surface area contributed by atoms with Crippen molar-refractivity contribution in [2.75, 3.05) is 13.1 Å². The van der Waals surface area contributed by atoms with E-state index in [1.807, 2.05) is 17.9 Å². The monoisotopic (exact) mass is 195 g/mol. The van der Waals surface area contributed by atoms with E-state index in [2.05, 4.69) is 30.3 Å². The highest BCUT2D eigenvalue weighted by molar-refractivity contribution is 4.98. The average molecular weight is 195 g/mol. The summed E-state index contributed by atoms with van der Waals surface area (Å²) in [5.74, 6) is 0.733. The lowest BCUT2D eigenvalue weighted by atomic mass is 10.0. The SMILES string of the molecule is CCNCC(C)CCc1ccn(C)n1. The van der Waals surface area contributed by atoms with Gasteiger partial charge in [-0.25, -0.2) is 0 Å². The summed E-state index contributed by atoms with van der Waals surface area (Å²) in [4.78, 5) is 0. The first-order valence-electron chi connectivity index (χ1n) is 5.41. The van der Waals surface area contributed by atoms with Crippen LogP contribution in [-0.2, 0) is 13.5 Å². The van der Waals surface area contributed by atoms with Crippen LogP contribution < -0.4 is 5.32 Å². The lowest BCUT2D eigenvalue weighted by molar-refractivity contribution is 0.485. The van der Waals surface area contributed by atoms with Crippen LogP contribution in [0.2, 0.25) is 0 Å². The molecule has 1 unspecified atom stereocenters. The molecule has 0 aliphatic carbocycles. The van der Waals surface area contributed by atoms with E-state index in [9.17, 15) is 0 Å². The summed E-state index contributed by atoms with van der Waals surface area (Å²) in [5.41, 5.74) is 1.20. The fraction of sp³-hybridized carbons (Fsp3) is 0.727. The molecule has 3 nitrogen and oxygen atoms in total. The maximum absolute atomic E-state index is 4.36. The van der Waals surface area contributed by atoms with Gasteiger partial charge in [-0.2, -0.15) is 5.10 Å². The summed E-state index contributed by atoms with van der Waals surface area (Å²) in [6.07, 6.45) is 4.31.